The van der Waals surface area contributed by atoms with Crippen LogP contribution in [-0.2, 0) is 4.79 Å². The van der Waals surface area contributed by atoms with Crippen LogP contribution < -0.4 is 10.6 Å². The summed E-state index contributed by atoms with van der Waals surface area (Å²) in [5.74, 6) is 1.35. The van der Waals surface area contributed by atoms with E-state index >= 15 is 0 Å². The predicted octanol–water partition coefficient (Wildman–Crippen LogP) is 4.82. The number of benzene rings is 1. The third-order valence-corrected chi connectivity index (χ3v) is 5.38. The minimum atomic E-state index is 0.0626. The molecule has 1 aromatic carbocycles. The molecular formula is C28H34N6O. The van der Waals surface area contributed by atoms with E-state index in [1.807, 2.05) is 75.5 Å². The molecule has 1 aromatic heterocycles. The van der Waals surface area contributed by atoms with Crippen molar-refractivity contribution in [1.29, 1.82) is 0 Å². The molecule has 1 aliphatic rings. The summed E-state index contributed by atoms with van der Waals surface area (Å²) >= 11 is 0. The van der Waals surface area contributed by atoms with Gasteiger partial charge in [-0.2, -0.15) is 0 Å². The van der Waals surface area contributed by atoms with E-state index in [2.05, 4.69) is 34.9 Å². The first-order valence-electron chi connectivity index (χ1n) is 11.7. The second-order valence-corrected chi connectivity index (χ2v) is 8.71. The number of nitrogens with zero attached hydrogens (tertiary/aromatic N) is 4. The molecule has 7 heteroatoms. The van der Waals surface area contributed by atoms with Gasteiger partial charge in [0.15, 0.2) is 5.82 Å². The van der Waals surface area contributed by atoms with Crippen LogP contribution in [0.25, 0.3) is 17.0 Å². The Morgan fingerprint density at radius 3 is 2.77 bits per heavy atom. The van der Waals surface area contributed by atoms with Gasteiger partial charge in [-0.1, -0.05) is 43.5 Å². The number of nitrogens with one attached hydrogen (secondary N) is 2. The fraction of sp³-hybridized carbons (Fsp3) is 0.286. The number of allylic oxidation sites excluding steroid dienone is 5. The van der Waals surface area contributed by atoms with Gasteiger partial charge in [0.1, 0.15) is 5.82 Å². The lowest BCUT2D eigenvalue weighted by Gasteiger charge is -2.25. The van der Waals surface area contributed by atoms with Crippen molar-refractivity contribution in [2.24, 2.45) is 4.99 Å². The zero-order valence-corrected chi connectivity index (χ0v) is 21.0. The smallest absolute Gasteiger partial charge is 0.220 e. The van der Waals surface area contributed by atoms with Crippen LogP contribution in [0.2, 0.25) is 0 Å². The Balaban J connectivity index is 2.07. The Bertz CT molecular complexity index is 1180. The van der Waals surface area contributed by atoms with E-state index in [1.165, 1.54) is 0 Å². The molecule has 2 heterocycles. The van der Waals surface area contributed by atoms with Gasteiger partial charge in [0.2, 0.25) is 5.91 Å². The van der Waals surface area contributed by atoms with E-state index in [-0.39, 0.29) is 11.9 Å². The van der Waals surface area contributed by atoms with Gasteiger partial charge >= 0.3 is 0 Å². The van der Waals surface area contributed by atoms with Gasteiger partial charge in [0.05, 0.1) is 11.3 Å². The number of hydrogen-bond acceptors (Lipinski definition) is 6. The fourth-order valence-electron chi connectivity index (χ4n) is 3.78. The Kier molecular flexibility index (Phi) is 8.73. The Labute approximate surface area is 208 Å². The molecule has 1 fully saturated rings. The van der Waals surface area contributed by atoms with Gasteiger partial charge in [-0.3, -0.25) is 9.79 Å². The van der Waals surface area contributed by atoms with Crippen molar-refractivity contribution in [3.8, 4) is 11.4 Å². The van der Waals surface area contributed by atoms with Crippen molar-refractivity contribution in [3.05, 3.63) is 84.9 Å². The summed E-state index contributed by atoms with van der Waals surface area (Å²) < 4.78 is 0. The number of anilines is 1. The normalized spacial score (nSPS) is 16.7. The highest BCUT2D eigenvalue weighted by molar-refractivity contribution is 6.12. The average Bonchev–Trinajstić information content (AvgIpc) is 2.83. The second-order valence-electron chi connectivity index (χ2n) is 8.71. The molecule has 3 rings (SSSR count). The Morgan fingerprint density at radius 1 is 1.34 bits per heavy atom. The van der Waals surface area contributed by atoms with Crippen molar-refractivity contribution < 1.29 is 4.79 Å². The van der Waals surface area contributed by atoms with E-state index in [1.54, 1.807) is 6.20 Å². The van der Waals surface area contributed by atoms with Crippen molar-refractivity contribution in [2.75, 3.05) is 26.0 Å². The molecule has 0 spiro atoms. The Morgan fingerprint density at radius 2 is 2.14 bits per heavy atom. The molecule has 0 bridgehead atoms. The van der Waals surface area contributed by atoms with Crippen LogP contribution in [0.4, 0.5) is 5.82 Å². The molecule has 7 nitrogen and oxygen atoms in total. The van der Waals surface area contributed by atoms with E-state index in [9.17, 15) is 4.79 Å². The van der Waals surface area contributed by atoms with Gasteiger partial charge in [-0.05, 0) is 43.5 Å². The summed E-state index contributed by atoms with van der Waals surface area (Å²) in [6.45, 7) is 12.2. The van der Waals surface area contributed by atoms with Crippen LogP contribution in [-0.4, -0.2) is 53.2 Å². The molecule has 0 saturated carbocycles. The van der Waals surface area contributed by atoms with E-state index < -0.39 is 0 Å². The number of piperidine rings is 1. The van der Waals surface area contributed by atoms with Crippen molar-refractivity contribution in [2.45, 2.75) is 32.7 Å². The number of hydrogen-bond donors (Lipinski definition) is 2. The maximum Gasteiger partial charge on any atom is 0.220 e. The topological polar surface area (TPSA) is 82.5 Å². The quantitative estimate of drug-likeness (QED) is 0.406. The highest BCUT2D eigenvalue weighted by Gasteiger charge is 2.21. The van der Waals surface area contributed by atoms with Crippen molar-refractivity contribution in [3.63, 3.8) is 0 Å². The summed E-state index contributed by atoms with van der Waals surface area (Å²) in [5, 5.41) is 6.45. The van der Waals surface area contributed by atoms with Gasteiger partial charge in [-0.25, -0.2) is 9.97 Å². The molecule has 1 unspecified atom stereocenters. The lowest BCUT2D eigenvalue weighted by atomic mass is 10.0. The number of aliphatic imine (C=N–C) groups is 1. The molecule has 35 heavy (non-hydrogen) atoms. The van der Waals surface area contributed by atoms with Crippen LogP contribution in [0, 0.1) is 0 Å². The third-order valence-electron chi connectivity index (χ3n) is 5.38. The number of aromatic nitrogens is 2. The SMILES string of the molecule is C=C/C(=C\N(C)C)c1cccc(-c2ncc(C(/C=C\C)=NC(=C)C)c(NC3CCC(=O)NC3)n2)c1. The largest absolute Gasteiger partial charge is 0.383 e. The molecule has 1 amide bonds. The first-order chi connectivity index (χ1) is 16.8. The molecule has 2 N–H and O–H groups in total. The van der Waals surface area contributed by atoms with Gasteiger partial charge in [-0.15, -0.1) is 0 Å². The van der Waals surface area contributed by atoms with Gasteiger partial charge in [0.25, 0.3) is 0 Å². The van der Waals surface area contributed by atoms with Crippen LogP contribution in [0.3, 0.4) is 0 Å². The lowest BCUT2D eigenvalue weighted by Crippen LogP contribution is -2.42. The molecule has 2 aromatic rings. The highest BCUT2D eigenvalue weighted by atomic mass is 16.1. The molecule has 1 saturated heterocycles. The number of carbonyl (C=O) groups is 1. The summed E-state index contributed by atoms with van der Waals surface area (Å²) in [5.41, 5.74) is 5.13. The van der Waals surface area contributed by atoms with Gasteiger partial charge in [0, 0.05) is 56.8 Å². The maximum atomic E-state index is 11.6. The van der Waals surface area contributed by atoms with Crippen LogP contribution in [0.1, 0.15) is 37.8 Å². The average molecular weight is 471 g/mol. The fourth-order valence-corrected chi connectivity index (χ4v) is 3.78. The predicted molar refractivity (Wildman–Crippen MR) is 145 cm³/mol. The van der Waals surface area contributed by atoms with Crippen molar-refractivity contribution in [1.82, 2.24) is 20.2 Å². The molecule has 1 atom stereocenters. The summed E-state index contributed by atoms with van der Waals surface area (Å²) in [7, 11) is 3.96. The Hall–Kier alpha value is -4.00. The first-order valence-corrected chi connectivity index (χ1v) is 11.7. The standard InChI is InChI=1S/C28H34N6O/c1-7-10-25(31-19(3)4)24-17-30-27(33-28(24)32-23-13-14-26(35)29-16-23)22-12-9-11-21(15-22)20(8-2)18-34(5)6/h7-12,15,17-18,23H,2-3,13-14,16H2,1,4-6H3,(H,29,35)(H,30,32,33)/b10-7-,20-18+,31-25?. The third kappa shape index (κ3) is 6.99. The first kappa shape index (κ1) is 25.6. The number of carbonyl (C=O) groups excluding carboxylic acids is 1. The van der Waals surface area contributed by atoms with Gasteiger partial charge < -0.3 is 15.5 Å². The monoisotopic (exact) mass is 470 g/mol. The minimum absolute atomic E-state index is 0.0626. The number of amides is 1. The molecule has 0 aliphatic carbocycles. The van der Waals surface area contributed by atoms with Crippen LogP contribution in [0.5, 0.6) is 0 Å². The van der Waals surface area contributed by atoms with E-state index in [0.717, 1.165) is 34.4 Å². The van der Waals surface area contributed by atoms with E-state index in [0.29, 0.717) is 30.3 Å². The van der Waals surface area contributed by atoms with Crippen LogP contribution in [0.15, 0.2) is 78.7 Å². The minimum Gasteiger partial charge on any atom is -0.383 e. The summed E-state index contributed by atoms with van der Waals surface area (Å²) in [4.78, 5) is 27.8. The zero-order valence-electron chi connectivity index (χ0n) is 21.0. The van der Waals surface area contributed by atoms with Crippen LogP contribution >= 0.6 is 0 Å². The second kappa shape index (κ2) is 11.9. The summed E-state index contributed by atoms with van der Waals surface area (Å²) in [6, 6.07) is 8.15. The number of rotatable bonds is 9. The molecule has 0 radical (unpaired) electrons. The maximum absolute atomic E-state index is 11.6. The summed E-state index contributed by atoms with van der Waals surface area (Å²) in [6.07, 6.45) is 10.7. The molecule has 182 valence electrons. The molecular weight excluding hydrogens is 436 g/mol. The highest BCUT2D eigenvalue weighted by Crippen LogP contribution is 2.26. The lowest BCUT2D eigenvalue weighted by molar-refractivity contribution is -0.122. The zero-order chi connectivity index (χ0) is 25.4. The van der Waals surface area contributed by atoms with E-state index in [4.69, 9.17) is 9.97 Å². The molecule has 1 aliphatic heterocycles. The van der Waals surface area contributed by atoms with Crippen molar-refractivity contribution >= 4 is 23.0 Å².